The van der Waals surface area contributed by atoms with Crippen LogP contribution in [0.2, 0.25) is 0 Å². The van der Waals surface area contributed by atoms with Gasteiger partial charge >= 0.3 is 0 Å². The van der Waals surface area contributed by atoms with Crippen LogP contribution < -0.4 is 21.3 Å². The number of sulfonamides is 1. The summed E-state index contributed by atoms with van der Waals surface area (Å²) in [6, 6.07) is 10.2. The van der Waals surface area contributed by atoms with E-state index in [2.05, 4.69) is 25.6 Å². The zero-order valence-corrected chi connectivity index (χ0v) is 20.3. The van der Waals surface area contributed by atoms with Gasteiger partial charge in [0.2, 0.25) is 10.0 Å². The molecule has 0 saturated heterocycles. The van der Waals surface area contributed by atoms with E-state index < -0.39 is 10.0 Å². The standard InChI is InChI=1S/C23H25N7O4S/c1-25-20-7-4-14(10-26-20)11-27-22-21-18(28-13-30(2)23(21)31)9-17(29-22)15-5-6-16(12-34-3)19(8-15)35(24,32)33/h4-10,13H,11-12H2,1-3H3,(H,25,26)(H,27,29)(H2,24,32,33). The lowest BCUT2D eigenvalue weighted by Crippen LogP contribution is -2.19. The third-order valence-corrected chi connectivity index (χ3v) is 6.41. The van der Waals surface area contributed by atoms with Gasteiger partial charge in [-0.25, -0.2) is 28.5 Å². The molecular formula is C23H25N7O4S. The number of nitrogens with zero attached hydrogens (tertiary/aromatic N) is 4. The van der Waals surface area contributed by atoms with Crippen molar-refractivity contribution in [2.45, 2.75) is 18.0 Å². The van der Waals surface area contributed by atoms with Gasteiger partial charge in [0, 0.05) is 39.5 Å². The monoisotopic (exact) mass is 495 g/mol. The molecule has 0 saturated carbocycles. The fourth-order valence-corrected chi connectivity index (χ4v) is 4.40. The normalized spacial score (nSPS) is 11.5. The number of nitrogens with two attached hydrogens (primary N) is 1. The highest BCUT2D eigenvalue weighted by molar-refractivity contribution is 7.89. The van der Waals surface area contributed by atoms with Gasteiger partial charge in [-0.2, -0.15) is 0 Å². The molecule has 0 unspecified atom stereocenters. The fourth-order valence-electron chi connectivity index (χ4n) is 3.61. The van der Waals surface area contributed by atoms with E-state index in [1.807, 2.05) is 12.1 Å². The van der Waals surface area contributed by atoms with Crippen molar-refractivity contribution in [2.24, 2.45) is 12.2 Å². The SMILES string of the molecule is CNc1ccc(CNc2nc(-c3ccc(COC)c(S(N)(=O)=O)c3)cc3ncn(C)c(=O)c23)cn1. The van der Waals surface area contributed by atoms with Gasteiger partial charge < -0.3 is 19.9 Å². The Morgan fingerprint density at radius 2 is 1.94 bits per heavy atom. The van der Waals surface area contributed by atoms with Crippen LogP contribution in [0.1, 0.15) is 11.1 Å². The van der Waals surface area contributed by atoms with E-state index >= 15 is 0 Å². The first-order chi connectivity index (χ1) is 16.7. The first-order valence-corrected chi connectivity index (χ1v) is 12.1. The molecule has 3 aromatic heterocycles. The Kier molecular flexibility index (Phi) is 6.78. The molecule has 0 amide bonds. The van der Waals surface area contributed by atoms with Crippen molar-refractivity contribution in [3.8, 4) is 11.3 Å². The van der Waals surface area contributed by atoms with E-state index in [-0.39, 0.29) is 17.1 Å². The number of rotatable bonds is 8. The van der Waals surface area contributed by atoms with Gasteiger partial charge in [-0.1, -0.05) is 18.2 Å². The maximum atomic E-state index is 12.9. The highest BCUT2D eigenvalue weighted by Gasteiger charge is 2.18. The second kappa shape index (κ2) is 9.78. The number of hydrogen-bond acceptors (Lipinski definition) is 9. The van der Waals surface area contributed by atoms with Crippen LogP contribution in [0.15, 0.2) is 58.6 Å². The van der Waals surface area contributed by atoms with Gasteiger partial charge in [0.15, 0.2) is 0 Å². The molecule has 4 aromatic rings. The maximum absolute atomic E-state index is 12.9. The van der Waals surface area contributed by atoms with Crippen molar-refractivity contribution in [1.82, 2.24) is 19.5 Å². The number of ether oxygens (including phenoxy) is 1. The Balaban J connectivity index is 1.82. The number of pyridine rings is 2. The topological polar surface area (TPSA) is 154 Å². The highest BCUT2D eigenvalue weighted by Crippen LogP contribution is 2.28. The van der Waals surface area contributed by atoms with Crippen LogP contribution in [0.25, 0.3) is 22.2 Å². The van der Waals surface area contributed by atoms with Crippen molar-refractivity contribution < 1.29 is 13.2 Å². The summed E-state index contributed by atoms with van der Waals surface area (Å²) >= 11 is 0. The third-order valence-electron chi connectivity index (χ3n) is 5.41. The smallest absolute Gasteiger partial charge is 0.264 e. The Labute approximate surface area is 202 Å². The fraction of sp³-hybridized carbons (Fsp3) is 0.217. The molecular weight excluding hydrogens is 470 g/mol. The van der Waals surface area contributed by atoms with E-state index in [9.17, 15) is 13.2 Å². The van der Waals surface area contributed by atoms with Crippen LogP contribution in [0.5, 0.6) is 0 Å². The van der Waals surface area contributed by atoms with Crippen molar-refractivity contribution >= 4 is 32.6 Å². The zero-order valence-electron chi connectivity index (χ0n) is 19.4. The molecule has 4 rings (SSSR count). The lowest BCUT2D eigenvalue weighted by molar-refractivity contribution is 0.182. The van der Waals surface area contributed by atoms with E-state index in [1.165, 1.54) is 24.1 Å². The first-order valence-electron chi connectivity index (χ1n) is 10.6. The average molecular weight is 496 g/mol. The van der Waals surface area contributed by atoms with Gasteiger partial charge in [-0.05, 0) is 29.3 Å². The summed E-state index contributed by atoms with van der Waals surface area (Å²) in [5.41, 5.74) is 2.40. The molecule has 0 spiro atoms. The molecule has 0 aliphatic rings. The lowest BCUT2D eigenvalue weighted by Gasteiger charge is -2.13. The summed E-state index contributed by atoms with van der Waals surface area (Å²) < 4.78 is 30.9. The second-order valence-electron chi connectivity index (χ2n) is 7.87. The molecule has 12 heteroatoms. The number of fused-ring (bicyclic) bond motifs is 1. The number of aromatic nitrogens is 4. The van der Waals surface area contributed by atoms with Crippen LogP contribution >= 0.6 is 0 Å². The summed E-state index contributed by atoms with van der Waals surface area (Å²) in [5.74, 6) is 1.06. The van der Waals surface area contributed by atoms with Gasteiger partial charge in [0.25, 0.3) is 5.56 Å². The van der Waals surface area contributed by atoms with Gasteiger partial charge in [0.05, 0.1) is 29.0 Å². The zero-order chi connectivity index (χ0) is 25.2. The summed E-state index contributed by atoms with van der Waals surface area (Å²) in [6.45, 7) is 0.442. The summed E-state index contributed by atoms with van der Waals surface area (Å²) in [4.78, 5) is 26.2. The Hall–Kier alpha value is -3.87. The van der Waals surface area contributed by atoms with E-state index in [4.69, 9.17) is 9.88 Å². The number of benzene rings is 1. The lowest BCUT2D eigenvalue weighted by atomic mass is 10.1. The molecule has 182 valence electrons. The quantitative estimate of drug-likeness (QED) is 0.332. The number of aryl methyl sites for hydroxylation is 1. The van der Waals surface area contributed by atoms with Crippen molar-refractivity contribution in [1.29, 1.82) is 0 Å². The predicted octanol–water partition coefficient (Wildman–Crippen LogP) is 1.84. The van der Waals surface area contributed by atoms with E-state index in [0.29, 0.717) is 40.1 Å². The van der Waals surface area contributed by atoms with Crippen molar-refractivity contribution in [2.75, 3.05) is 24.8 Å². The van der Waals surface area contributed by atoms with Crippen LogP contribution in [-0.4, -0.2) is 42.1 Å². The molecule has 0 aliphatic heterocycles. The minimum Gasteiger partial charge on any atom is -0.380 e. The molecule has 1 aromatic carbocycles. The minimum atomic E-state index is -4.01. The molecule has 35 heavy (non-hydrogen) atoms. The van der Waals surface area contributed by atoms with Crippen LogP contribution in [0.4, 0.5) is 11.6 Å². The van der Waals surface area contributed by atoms with Gasteiger partial charge in [-0.15, -0.1) is 0 Å². The summed E-state index contributed by atoms with van der Waals surface area (Å²) in [6.07, 6.45) is 3.14. The van der Waals surface area contributed by atoms with Crippen LogP contribution in [0.3, 0.4) is 0 Å². The maximum Gasteiger partial charge on any atom is 0.264 e. The number of methoxy groups -OCH3 is 1. The number of anilines is 2. The molecule has 0 radical (unpaired) electrons. The second-order valence-corrected chi connectivity index (χ2v) is 9.40. The molecule has 0 bridgehead atoms. The molecule has 11 nitrogen and oxygen atoms in total. The molecule has 0 aliphatic carbocycles. The summed E-state index contributed by atoms with van der Waals surface area (Å²) in [5, 5.41) is 11.9. The molecule has 3 heterocycles. The van der Waals surface area contributed by atoms with Crippen LogP contribution in [-0.2, 0) is 35.0 Å². The molecule has 0 fully saturated rings. The predicted molar refractivity (Wildman–Crippen MR) is 133 cm³/mol. The number of hydrogen-bond donors (Lipinski definition) is 3. The van der Waals surface area contributed by atoms with E-state index in [1.54, 1.807) is 38.5 Å². The number of primary sulfonamides is 1. The highest BCUT2D eigenvalue weighted by atomic mass is 32.2. The largest absolute Gasteiger partial charge is 0.380 e. The van der Waals surface area contributed by atoms with Crippen molar-refractivity contribution in [3.05, 3.63) is 70.4 Å². The average Bonchev–Trinajstić information content (AvgIpc) is 2.84. The van der Waals surface area contributed by atoms with Crippen molar-refractivity contribution in [3.63, 3.8) is 0 Å². The van der Waals surface area contributed by atoms with Gasteiger partial charge in [-0.3, -0.25) is 4.79 Å². The summed E-state index contributed by atoms with van der Waals surface area (Å²) in [7, 11) is 0.859. The first kappa shape index (κ1) is 24.3. The molecule has 4 N–H and O–H groups in total. The number of nitrogens with one attached hydrogen (secondary N) is 2. The Bertz CT molecular complexity index is 1550. The molecule has 0 atom stereocenters. The Morgan fingerprint density at radius 3 is 2.60 bits per heavy atom. The van der Waals surface area contributed by atoms with Crippen LogP contribution in [0, 0.1) is 0 Å². The third kappa shape index (κ3) is 5.14. The minimum absolute atomic E-state index is 0.0547. The van der Waals surface area contributed by atoms with E-state index in [0.717, 1.165) is 11.4 Å². The van der Waals surface area contributed by atoms with Gasteiger partial charge in [0.1, 0.15) is 17.0 Å². The Morgan fingerprint density at radius 1 is 1.14 bits per heavy atom.